The van der Waals surface area contributed by atoms with Crippen LogP contribution < -0.4 is 0 Å². The minimum atomic E-state index is -1.06. The van der Waals surface area contributed by atoms with E-state index in [2.05, 4.69) is 11.3 Å². The van der Waals surface area contributed by atoms with Crippen molar-refractivity contribution in [3.05, 3.63) is 47.8 Å². The van der Waals surface area contributed by atoms with Crippen LogP contribution in [0.4, 0.5) is 4.39 Å². The van der Waals surface area contributed by atoms with Gasteiger partial charge < -0.3 is 9.84 Å². The average molecular weight is 308 g/mol. The van der Waals surface area contributed by atoms with Crippen LogP contribution in [0.3, 0.4) is 0 Å². The lowest BCUT2D eigenvalue weighted by Crippen LogP contribution is -2.14. The second kappa shape index (κ2) is 8.71. The van der Waals surface area contributed by atoms with Crippen LogP contribution in [0.1, 0.15) is 31.2 Å². The molecule has 118 valence electrons. The zero-order chi connectivity index (χ0) is 16.5. The fourth-order valence-electron chi connectivity index (χ4n) is 1.70. The molecule has 0 aromatic heterocycles. The van der Waals surface area contributed by atoms with Crippen molar-refractivity contribution in [3.63, 3.8) is 0 Å². The summed E-state index contributed by atoms with van der Waals surface area (Å²) in [5.41, 5.74) is 0.637. The number of carboxylic acids is 1. The largest absolute Gasteiger partial charge is 0.478 e. The van der Waals surface area contributed by atoms with Crippen LogP contribution in [-0.2, 0) is 25.5 Å². The molecule has 0 spiro atoms. The van der Waals surface area contributed by atoms with Crippen LogP contribution in [0.15, 0.2) is 36.4 Å². The number of unbranched alkanes of at least 4 members (excludes halogenated alkanes) is 1. The van der Waals surface area contributed by atoms with E-state index in [-0.39, 0.29) is 24.8 Å². The number of benzene rings is 1. The molecule has 0 fully saturated rings. The SMILES string of the molecule is C=C(CCCCC(=O)OC(=O)Cc1ccc(F)cc1)C(=O)O. The first-order chi connectivity index (χ1) is 10.4. The number of aliphatic carboxylic acids is 1. The van der Waals surface area contributed by atoms with E-state index in [1.54, 1.807) is 0 Å². The van der Waals surface area contributed by atoms with Gasteiger partial charge in [-0.3, -0.25) is 9.59 Å². The van der Waals surface area contributed by atoms with E-state index < -0.39 is 23.7 Å². The van der Waals surface area contributed by atoms with Gasteiger partial charge in [-0.1, -0.05) is 18.7 Å². The Hall–Kier alpha value is -2.50. The van der Waals surface area contributed by atoms with Crippen molar-refractivity contribution in [2.75, 3.05) is 0 Å². The molecule has 1 N–H and O–H groups in total. The van der Waals surface area contributed by atoms with Gasteiger partial charge >= 0.3 is 17.9 Å². The number of ether oxygens (including phenoxy) is 1. The molecule has 0 heterocycles. The smallest absolute Gasteiger partial charge is 0.330 e. The molecule has 1 aromatic rings. The molecule has 1 aromatic carbocycles. The fraction of sp³-hybridized carbons (Fsp3) is 0.312. The van der Waals surface area contributed by atoms with Gasteiger partial charge in [0, 0.05) is 12.0 Å². The van der Waals surface area contributed by atoms with Crippen LogP contribution in [0.5, 0.6) is 0 Å². The Morgan fingerprint density at radius 3 is 2.23 bits per heavy atom. The van der Waals surface area contributed by atoms with Crippen molar-refractivity contribution >= 4 is 17.9 Å². The lowest BCUT2D eigenvalue weighted by Gasteiger charge is -2.04. The Morgan fingerprint density at radius 1 is 1.05 bits per heavy atom. The summed E-state index contributed by atoms with van der Waals surface area (Å²) in [4.78, 5) is 33.5. The molecular weight excluding hydrogens is 291 g/mol. The highest BCUT2D eigenvalue weighted by molar-refractivity contribution is 5.86. The Morgan fingerprint density at radius 2 is 1.64 bits per heavy atom. The van der Waals surface area contributed by atoms with Crippen molar-refractivity contribution in [3.8, 4) is 0 Å². The van der Waals surface area contributed by atoms with E-state index in [1.807, 2.05) is 0 Å². The number of hydrogen-bond donors (Lipinski definition) is 1. The van der Waals surface area contributed by atoms with Crippen LogP contribution in [-0.4, -0.2) is 23.0 Å². The van der Waals surface area contributed by atoms with E-state index in [0.717, 1.165) is 0 Å². The van der Waals surface area contributed by atoms with Gasteiger partial charge in [0.2, 0.25) is 0 Å². The lowest BCUT2D eigenvalue weighted by atomic mass is 10.1. The van der Waals surface area contributed by atoms with Gasteiger partial charge in [0.1, 0.15) is 5.82 Å². The highest BCUT2D eigenvalue weighted by Crippen LogP contribution is 2.09. The van der Waals surface area contributed by atoms with Gasteiger partial charge in [-0.05, 0) is 37.0 Å². The Balaban J connectivity index is 2.24. The molecule has 0 atom stereocenters. The molecule has 0 bridgehead atoms. The molecule has 0 radical (unpaired) electrons. The predicted molar refractivity (Wildman–Crippen MR) is 76.4 cm³/mol. The predicted octanol–water partition coefficient (Wildman–Crippen LogP) is 2.64. The van der Waals surface area contributed by atoms with Gasteiger partial charge in [0.05, 0.1) is 6.42 Å². The molecule has 0 aliphatic rings. The summed E-state index contributed by atoms with van der Waals surface area (Å²) in [5, 5.41) is 8.61. The van der Waals surface area contributed by atoms with Crippen molar-refractivity contribution in [1.29, 1.82) is 0 Å². The molecule has 6 heteroatoms. The van der Waals surface area contributed by atoms with Gasteiger partial charge in [0.15, 0.2) is 0 Å². The number of esters is 2. The summed E-state index contributed by atoms with van der Waals surface area (Å²) in [6.45, 7) is 3.38. The number of carboxylic acid groups (broad SMARTS) is 1. The maximum atomic E-state index is 12.7. The summed E-state index contributed by atoms with van der Waals surface area (Å²) in [6, 6.07) is 5.33. The van der Waals surface area contributed by atoms with E-state index >= 15 is 0 Å². The topological polar surface area (TPSA) is 80.7 Å². The summed E-state index contributed by atoms with van der Waals surface area (Å²) < 4.78 is 17.3. The normalized spacial score (nSPS) is 10.0. The summed E-state index contributed by atoms with van der Waals surface area (Å²) in [5.74, 6) is -2.83. The van der Waals surface area contributed by atoms with Gasteiger partial charge in [-0.2, -0.15) is 0 Å². The number of hydrogen-bond acceptors (Lipinski definition) is 4. The molecule has 0 saturated heterocycles. The first-order valence-electron chi connectivity index (χ1n) is 6.77. The average Bonchev–Trinajstić information content (AvgIpc) is 2.45. The summed E-state index contributed by atoms with van der Waals surface area (Å²) >= 11 is 0. The highest BCUT2D eigenvalue weighted by Gasteiger charge is 2.11. The Labute approximate surface area is 127 Å². The van der Waals surface area contributed by atoms with Crippen molar-refractivity contribution < 1.29 is 28.6 Å². The van der Waals surface area contributed by atoms with Crippen molar-refractivity contribution in [2.24, 2.45) is 0 Å². The monoisotopic (exact) mass is 308 g/mol. The lowest BCUT2D eigenvalue weighted by molar-refractivity contribution is -0.159. The van der Waals surface area contributed by atoms with E-state index in [1.165, 1.54) is 24.3 Å². The molecule has 0 aliphatic carbocycles. The molecule has 22 heavy (non-hydrogen) atoms. The maximum absolute atomic E-state index is 12.7. The van der Waals surface area contributed by atoms with Gasteiger partial charge in [-0.25, -0.2) is 9.18 Å². The fourth-order valence-corrected chi connectivity index (χ4v) is 1.70. The summed E-state index contributed by atoms with van der Waals surface area (Å²) in [7, 11) is 0. The van der Waals surface area contributed by atoms with Crippen LogP contribution in [0, 0.1) is 5.82 Å². The molecule has 0 saturated carbocycles. The molecule has 0 aliphatic heterocycles. The van der Waals surface area contributed by atoms with Gasteiger partial charge in [-0.15, -0.1) is 0 Å². The number of carbonyl (C=O) groups is 3. The molecule has 0 amide bonds. The van der Waals surface area contributed by atoms with Crippen LogP contribution in [0.2, 0.25) is 0 Å². The Bertz CT molecular complexity index is 562. The molecule has 5 nitrogen and oxygen atoms in total. The standard InChI is InChI=1S/C16H17FO5/c1-11(16(20)21)4-2-3-5-14(18)22-15(19)10-12-6-8-13(17)9-7-12/h6-9H,1-5,10H2,(H,20,21). The third kappa shape index (κ3) is 6.78. The van der Waals surface area contributed by atoms with E-state index in [9.17, 15) is 18.8 Å². The zero-order valence-corrected chi connectivity index (χ0v) is 12.0. The zero-order valence-electron chi connectivity index (χ0n) is 12.0. The van der Waals surface area contributed by atoms with Crippen LogP contribution in [0.25, 0.3) is 0 Å². The van der Waals surface area contributed by atoms with Crippen molar-refractivity contribution in [2.45, 2.75) is 32.1 Å². The highest BCUT2D eigenvalue weighted by atomic mass is 19.1. The number of rotatable bonds is 8. The quantitative estimate of drug-likeness (QED) is 0.345. The minimum absolute atomic E-state index is 0.0298. The second-order valence-electron chi connectivity index (χ2n) is 4.77. The number of halogens is 1. The minimum Gasteiger partial charge on any atom is -0.478 e. The third-order valence-electron chi connectivity index (χ3n) is 2.90. The van der Waals surface area contributed by atoms with E-state index in [0.29, 0.717) is 18.4 Å². The van der Waals surface area contributed by atoms with Crippen molar-refractivity contribution in [1.82, 2.24) is 0 Å². The first-order valence-corrected chi connectivity index (χ1v) is 6.77. The van der Waals surface area contributed by atoms with Gasteiger partial charge in [0.25, 0.3) is 0 Å². The Kier molecular flexibility index (Phi) is 6.95. The number of carbonyl (C=O) groups excluding carboxylic acids is 2. The maximum Gasteiger partial charge on any atom is 0.330 e. The first kappa shape index (κ1) is 17.6. The summed E-state index contributed by atoms with van der Waals surface area (Å²) in [6.07, 6.45) is 1.09. The van der Waals surface area contributed by atoms with E-state index in [4.69, 9.17) is 5.11 Å². The molecule has 1 rings (SSSR count). The molecular formula is C16H17FO5. The molecule has 0 unspecified atom stereocenters. The van der Waals surface area contributed by atoms with Crippen LogP contribution >= 0.6 is 0 Å². The third-order valence-corrected chi connectivity index (χ3v) is 2.90. The second-order valence-corrected chi connectivity index (χ2v) is 4.77.